The second-order valence-corrected chi connectivity index (χ2v) is 13.2. The first-order valence-corrected chi connectivity index (χ1v) is 14.6. The Morgan fingerprint density at radius 3 is 2.54 bits per heavy atom. The molecule has 0 spiro atoms. The molecule has 10 nitrogen and oxygen atoms in total. The van der Waals surface area contributed by atoms with Crippen molar-refractivity contribution in [1.82, 2.24) is 19.4 Å². The Morgan fingerprint density at radius 1 is 1.19 bits per heavy atom. The van der Waals surface area contributed by atoms with Crippen molar-refractivity contribution in [2.45, 2.75) is 17.4 Å². The van der Waals surface area contributed by atoms with Crippen molar-refractivity contribution in [1.29, 1.82) is 5.26 Å². The number of amides is 1. The van der Waals surface area contributed by atoms with Crippen LogP contribution in [0.3, 0.4) is 0 Å². The van der Waals surface area contributed by atoms with Gasteiger partial charge in [0.2, 0.25) is 10.0 Å². The predicted octanol–water partition coefficient (Wildman–Crippen LogP) is 2.00. The molecule has 1 fully saturated rings. The summed E-state index contributed by atoms with van der Waals surface area (Å²) in [4.78, 5) is 12.9. The van der Waals surface area contributed by atoms with E-state index in [0.717, 1.165) is 9.99 Å². The number of nitrogens with one attached hydrogen (secondary N) is 1. The number of nitrogens with zero attached hydrogens (tertiary/aromatic N) is 4. The molecule has 1 atom stereocenters. The Bertz CT molecular complexity index is 1620. The van der Waals surface area contributed by atoms with Crippen molar-refractivity contribution in [3.8, 4) is 23.0 Å². The van der Waals surface area contributed by atoms with Crippen LogP contribution in [0.1, 0.15) is 12.0 Å². The number of para-hydroxylation sites is 1. The number of benzene rings is 2. The van der Waals surface area contributed by atoms with Crippen LogP contribution in [-0.4, -0.2) is 68.5 Å². The van der Waals surface area contributed by atoms with Gasteiger partial charge in [-0.25, -0.2) is 25.8 Å². The number of aromatic nitrogens is 2. The smallest absolute Gasteiger partial charge is 0.262 e. The molecule has 1 unspecified atom stereocenters. The lowest BCUT2D eigenvalue weighted by molar-refractivity contribution is -0.117. The molecular formula is C25H25N5O5S2. The van der Waals surface area contributed by atoms with E-state index in [1.54, 1.807) is 23.0 Å². The van der Waals surface area contributed by atoms with Crippen molar-refractivity contribution >= 4 is 31.8 Å². The molecule has 1 aliphatic rings. The number of nitriles is 1. The molecule has 2 heterocycles. The van der Waals surface area contributed by atoms with Crippen molar-refractivity contribution in [2.75, 3.05) is 25.6 Å². The molecule has 1 aromatic heterocycles. The highest BCUT2D eigenvalue weighted by molar-refractivity contribution is 7.91. The molecule has 192 valence electrons. The lowest BCUT2D eigenvalue weighted by Crippen LogP contribution is -2.36. The molecule has 1 amide bonds. The largest absolute Gasteiger partial charge is 0.348 e. The van der Waals surface area contributed by atoms with Gasteiger partial charge >= 0.3 is 0 Å². The standard InChI is InChI=1S/C25H25N5O5S2/c1-29(2)37(34,35)23-10-6-7-18(14-23)24-20(16-30(28-24)22-8-4-3-5-9-22)13-19(15-26)25(31)27-21-11-12-36(32,33)17-21/h3-10,13-14,16,21H,11-12,17H2,1-2H3,(H,27,31). The molecule has 2 aromatic carbocycles. The molecule has 0 aliphatic carbocycles. The van der Waals surface area contributed by atoms with E-state index >= 15 is 0 Å². The maximum Gasteiger partial charge on any atom is 0.262 e. The van der Waals surface area contributed by atoms with Crippen LogP contribution in [0.2, 0.25) is 0 Å². The molecule has 12 heteroatoms. The van der Waals surface area contributed by atoms with Crippen LogP contribution in [-0.2, 0) is 24.7 Å². The lowest BCUT2D eigenvalue weighted by Gasteiger charge is -2.12. The van der Waals surface area contributed by atoms with Gasteiger partial charge in [-0.1, -0.05) is 30.3 Å². The van der Waals surface area contributed by atoms with Crippen LogP contribution in [0.25, 0.3) is 23.0 Å². The van der Waals surface area contributed by atoms with Gasteiger partial charge in [-0.15, -0.1) is 0 Å². The topological polar surface area (TPSA) is 142 Å². The van der Waals surface area contributed by atoms with Crippen molar-refractivity contribution < 1.29 is 21.6 Å². The fraction of sp³-hybridized carbons (Fsp3) is 0.240. The average Bonchev–Trinajstić information content (AvgIpc) is 3.45. The van der Waals surface area contributed by atoms with Gasteiger partial charge in [-0.3, -0.25) is 4.79 Å². The molecule has 4 rings (SSSR count). The van der Waals surface area contributed by atoms with Crippen LogP contribution >= 0.6 is 0 Å². The van der Waals surface area contributed by atoms with E-state index in [2.05, 4.69) is 10.4 Å². The van der Waals surface area contributed by atoms with E-state index in [1.165, 1.54) is 32.3 Å². The summed E-state index contributed by atoms with van der Waals surface area (Å²) in [6.45, 7) is 0. The lowest BCUT2D eigenvalue weighted by atomic mass is 10.1. The minimum Gasteiger partial charge on any atom is -0.348 e. The number of carbonyl (C=O) groups is 1. The van der Waals surface area contributed by atoms with Crippen molar-refractivity contribution in [2.24, 2.45) is 0 Å². The van der Waals surface area contributed by atoms with Crippen LogP contribution in [0.15, 0.2) is 71.3 Å². The minimum atomic E-state index is -3.71. The van der Waals surface area contributed by atoms with Gasteiger partial charge in [0, 0.05) is 37.5 Å². The van der Waals surface area contributed by atoms with E-state index in [0.29, 0.717) is 16.8 Å². The zero-order chi connectivity index (χ0) is 26.8. The highest BCUT2D eigenvalue weighted by atomic mass is 32.2. The summed E-state index contributed by atoms with van der Waals surface area (Å²) in [6, 6.07) is 16.8. The molecule has 1 aliphatic heterocycles. The maximum absolute atomic E-state index is 12.8. The quantitative estimate of drug-likeness (QED) is 0.357. The maximum atomic E-state index is 12.8. The molecule has 0 bridgehead atoms. The second-order valence-electron chi connectivity index (χ2n) is 8.77. The second kappa shape index (κ2) is 10.3. The normalized spacial score (nSPS) is 17.5. The zero-order valence-electron chi connectivity index (χ0n) is 20.2. The van der Waals surface area contributed by atoms with E-state index in [-0.39, 0.29) is 28.4 Å². The number of carbonyl (C=O) groups excluding carboxylic acids is 1. The van der Waals surface area contributed by atoms with Crippen LogP contribution in [0.4, 0.5) is 0 Å². The molecule has 3 aromatic rings. The van der Waals surface area contributed by atoms with E-state index < -0.39 is 31.8 Å². The summed E-state index contributed by atoms with van der Waals surface area (Å²) >= 11 is 0. The Balaban J connectivity index is 1.78. The number of sulfonamides is 1. The Kier molecular flexibility index (Phi) is 7.31. The Labute approximate surface area is 215 Å². The molecule has 37 heavy (non-hydrogen) atoms. The predicted molar refractivity (Wildman–Crippen MR) is 139 cm³/mol. The number of hydrogen-bond donors (Lipinski definition) is 1. The van der Waals surface area contributed by atoms with Gasteiger partial charge in [0.05, 0.1) is 22.1 Å². The average molecular weight is 540 g/mol. The summed E-state index contributed by atoms with van der Waals surface area (Å²) in [5.74, 6) is -0.863. The number of sulfone groups is 1. The minimum absolute atomic E-state index is 0.0102. The third kappa shape index (κ3) is 5.80. The summed E-state index contributed by atoms with van der Waals surface area (Å²) in [7, 11) is -4.04. The highest BCUT2D eigenvalue weighted by Crippen LogP contribution is 2.28. The van der Waals surface area contributed by atoms with Gasteiger partial charge in [0.1, 0.15) is 17.3 Å². The number of rotatable bonds is 7. The third-order valence-corrected chi connectivity index (χ3v) is 9.46. The zero-order valence-corrected chi connectivity index (χ0v) is 21.8. The number of hydrogen-bond acceptors (Lipinski definition) is 7. The van der Waals surface area contributed by atoms with Gasteiger partial charge in [-0.2, -0.15) is 10.4 Å². The summed E-state index contributed by atoms with van der Waals surface area (Å²) in [5.41, 5.74) is 1.75. The van der Waals surface area contributed by atoms with E-state index in [1.807, 2.05) is 36.4 Å². The molecule has 1 N–H and O–H groups in total. The summed E-state index contributed by atoms with van der Waals surface area (Å²) in [5, 5.41) is 17.0. The fourth-order valence-electron chi connectivity index (χ4n) is 3.92. The van der Waals surface area contributed by atoms with Gasteiger partial charge < -0.3 is 5.32 Å². The van der Waals surface area contributed by atoms with Crippen LogP contribution in [0.5, 0.6) is 0 Å². The first kappa shape index (κ1) is 26.3. The van der Waals surface area contributed by atoms with Gasteiger partial charge in [0.15, 0.2) is 9.84 Å². The third-order valence-electron chi connectivity index (χ3n) is 5.88. The van der Waals surface area contributed by atoms with Crippen LogP contribution in [0, 0.1) is 11.3 Å². The molecule has 0 saturated carbocycles. The monoisotopic (exact) mass is 539 g/mol. The first-order chi connectivity index (χ1) is 17.5. The Hall–Kier alpha value is -3.79. The van der Waals surface area contributed by atoms with Crippen molar-refractivity contribution in [3.63, 3.8) is 0 Å². The van der Waals surface area contributed by atoms with E-state index in [9.17, 15) is 26.9 Å². The van der Waals surface area contributed by atoms with Gasteiger partial charge in [0.25, 0.3) is 5.91 Å². The highest BCUT2D eigenvalue weighted by Gasteiger charge is 2.30. The fourth-order valence-corrected chi connectivity index (χ4v) is 6.54. The molecule has 1 saturated heterocycles. The Morgan fingerprint density at radius 2 is 1.92 bits per heavy atom. The van der Waals surface area contributed by atoms with Crippen LogP contribution < -0.4 is 5.32 Å². The first-order valence-electron chi connectivity index (χ1n) is 11.3. The summed E-state index contributed by atoms with van der Waals surface area (Å²) < 4.78 is 51.6. The van der Waals surface area contributed by atoms with Gasteiger partial charge in [-0.05, 0) is 36.8 Å². The molecule has 0 radical (unpaired) electrons. The van der Waals surface area contributed by atoms with E-state index in [4.69, 9.17) is 0 Å². The summed E-state index contributed by atoms with van der Waals surface area (Å²) in [6.07, 6.45) is 3.30. The molecular weight excluding hydrogens is 514 g/mol. The SMILES string of the molecule is CN(C)S(=O)(=O)c1cccc(-c2nn(-c3ccccc3)cc2C=C(C#N)C(=O)NC2CCS(=O)(=O)C2)c1. The van der Waals surface area contributed by atoms with Crippen molar-refractivity contribution in [3.05, 3.63) is 71.9 Å².